The summed E-state index contributed by atoms with van der Waals surface area (Å²) >= 11 is 0. The van der Waals surface area contributed by atoms with E-state index in [1.807, 2.05) is 0 Å². The van der Waals surface area contributed by atoms with Crippen LogP contribution in [0.1, 0.15) is 15.9 Å². The fourth-order valence-corrected chi connectivity index (χ4v) is 2.02. The van der Waals surface area contributed by atoms with Crippen LogP contribution in [0.3, 0.4) is 0 Å². The average molecular weight is 332 g/mol. The van der Waals surface area contributed by atoms with Crippen LogP contribution in [-0.4, -0.2) is 23.2 Å². The molecule has 2 aromatic carbocycles. The third kappa shape index (κ3) is 3.64. The molecule has 9 nitrogen and oxygen atoms in total. The largest absolute Gasteiger partial charge is 0.496 e. The Bertz CT molecular complexity index is 804. The topological polar surface area (TPSA) is 122 Å². The first-order chi connectivity index (χ1) is 11.5. The summed E-state index contributed by atoms with van der Waals surface area (Å²) in [5.74, 6) is 0.513. The molecule has 0 atom stereocenters. The normalized spacial score (nSPS) is 10.0. The zero-order valence-corrected chi connectivity index (χ0v) is 12.5. The fraction of sp³-hybridized carbons (Fsp3) is 0.133. The number of ether oxygens (including phenoxy) is 2. The van der Waals surface area contributed by atoms with Gasteiger partial charge in [-0.05, 0) is 12.1 Å². The van der Waals surface area contributed by atoms with Crippen molar-refractivity contribution in [1.82, 2.24) is 0 Å². The quantitative estimate of drug-likeness (QED) is 0.434. The number of nitro benzene ring substituents is 2. The van der Waals surface area contributed by atoms with Crippen molar-refractivity contribution >= 4 is 17.7 Å². The number of benzene rings is 2. The van der Waals surface area contributed by atoms with Crippen LogP contribution in [0.4, 0.5) is 11.4 Å². The van der Waals surface area contributed by atoms with Gasteiger partial charge in [-0.2, -0.15) is 0 Å². The minimum atomic E-state index is -0.625. The van der Waals surface area contributed by atoms with E-state index in [1.54, 1.807) is 0 Å². The van der Waals surface area contributed by atoms with Crippen molar-refractivity contribution in [2.24, 2.45) is 0 Å². The summed E-state index contributed by atoms with van der Waals surface area (Å²) in [6.07, 6.45) is 0.438. The molecule has 0 aromatic heterocycles. The van der Waals surface area contributed by atoms with Crippen molar-refractivity contribution in [3.63, 3.8) is 0 Å². The van der Waals surface area contributed by atoms with E-state index in [0.717, 1.165) is 6.07 Å². The summed E-state index contributed by atoms with van der Waals surface area (Å²) in [5, 5.41) is 21.6. The standard InChI is InChI=1S/C15H12N2O7/c1-23-14-4-2-13(17(21)22)7-11(14)9-24-15-5-3-12(16(19)20)6-10(15)8-18/h2-8H,9H2,1H3. The molecular weight excluding hydrogens is 320 g/mol. The van der Waals surface area contributed by atoms with E-state index in [2.05, 4.69) is 0 Å². The molecule has 0 unspecified atom stereocenters. The first-order valence-electron chi connectivity index (χ1n) is 6.64. The Hall–Kier alpha value is -3.49. The molecule has 0 radical (unpaired) electrons. The lowest BCUT2D eigenvalue weighted by atomic mass is 10.1. The van der Waals surface area contributed by atoms with E-state index >= 15 is 0 Å². The van der Waals surface area contributed by atoms with E-state index in [1.165, 1.54) is 37.4 Å². The number of carbonyl (C=O) groups excluding carboxylic acids is 1. The van der Waals surface area contributed by atoms with Gasteiger partial charge in [0.25, 0.3) is 11.4 Å². The molecule has 0 aliphatic rings. The van der Waals surface area contributed by atoms with Gasteiger partial charge in [0.1, 0.15) is 18.1 Å². The monoisotopic (exact) mass is 332 g/mol. The molecule has 0 aliphatic heterocycles. The fourth-order valence-electron chi connectivity index (χ4n) is 2.02. The highest BCUT2D eigenvalue weighted by Crippen LogP contribution is 2.27. The first-order valence-corrected chi connectivity index (χ1v) is 6.64. The van der Waals surface area contributed by atoms with E-state index < -0.39 is 9.85 Å². The predicted molar refractivity (Wildman–Crippen MR) is 82.5 cm³/mol. The molecule has 0 aliphatic carbocycles. The molecule has 0 spiro atoms. The van der Waals surface area contributed by atoms with Gasteiger partial charge < -0.3 is 9.47 Å². The molecule has 0 heterocycles. The third-order valence-corrected chi connectivity index (χ3v) is 3.19. The summed E-state index contributed by atoms with van der Waals surface area (Å²) in [5.41, 5.74) is 0.0431. The van der Waals surface area contributed by atoms with Gasteiger partial charge in [0, 0.05) is 29.8 Å². The highest BCUT2D eigenvalue weighted by Gasteiger charge is 2.14. The lowest BCUT2D eigenvalue weighted by Gasteiger charge is -2.11. The zero-order valence-electron chi connectivity index (χ0n) is 12.5. The van der Waals surface area contributed by atoms with Gasteiger partial charge in [0.2, 0.25) is 0 Å². The smallest absolute Gasteiger partial charge is 0.270 e. The second-order valence-electron chi connectivity index (χ2n) is 4.64. The summed E-state index contributed by atoms with van der Waals surface area (Å²) in [6, 6.07) is 7.62. The van der Waals surface area contributed by atoms with Crippen molar-refractivity contribution in [3.8, 4) is 11.5 Å². The summed E-state index contributed by atoms with van der Waals surface area (Å²) in [6.45, 7) is -0.108. The molecule has 2 aromatic rings. The number of non-ortho nitro benzene ring substituents is 2. The first kappa shape index (κ1) is 16.9. The molecule has 9 heteroatoms. The van der Waals surface area contributed by atoms with E-state index in [0.29, 0.717) is 17.6 Å². The maximum atomic E-state index is 11.1. The van der Waals surface area contributed by atoms with Crippen molar-refractivity contribution in [1.29, 1.82) is 0 Å². The maximum Gasteiger partial charge on any atom is 0.270 e. The number of rotatable bonds is 7. The second kappa shape index (κ2) is 7.18. The number of hydrogen-bond donors (Lipinski definition) is 0. The van der Waals surface area contributed by atoms with Crippen LogP contribution in [0.25, 0.3) is 0 Å². The molecular formula is C15H12N2O7. The Morgan fingerprint density at radius 1 is 1.00 bits per heavy atom. The molecule has 0 saturated carbocycles. The maximum absolute atomic E-state index is 11.1. The number of nitro groups is 2. The molecule has 24 heavy (non-hydrogen) atoms. The van der Waals surface area contributed by atoms with Crippen molar-refractivity contribution in [2.45, 2.75) is 6.61 Å². The van der Waals surface area contributed by atoms with Gasteiger partial charge in [-0.1, -0.05) is 0 Å². The molecule has 0 amide bonds. The van der Waals surface area contributed by atoms with Crippen molar-refractivity contribution in [2.75, 3.05) is 7.11 Å². The van der Waals surface area contributed by atoms with Crippen LogP contribution in [0, 0.1) is 20.2 Å². The minimum absolute atomic E-state index is 0.00796. The van der Waals surface area contributed by atoms with E-state index in [9.17, 15) is 25.0 Å². The molecule has 2 rings (SSSR count). The SMILES string of the molecule is COc1ccc([N+](=O)[O-])cc1COc1ccc([N+](=O)[O-])cc1C=O. The van der Waals surface area contributed by atoms with Crippen LogP contribution in [0.15, 0.2) is 36.4 Å². The van der Waals surface area contributed by atoms with Crippen LogP contribution >= 0.6 is 0 Å². The van der Waals surface area contributed by atoms with E-state index in [4.69, 9.17) is 9.47 Å². The molecule has 0 bridgehead atoms. The summed E-state index contributed by atoms with van der Waals surface area (Å²) in [7, 11) is 1.41. The lowest BCUT2D eigenvalue weighted by molar-refractivity contribution is -0.385. The van der Waals surface area contributed by atoms with Gasteiger partial charge in [-0.3, -0.25) is 25.0 Å². The Labute approximate surface area is 135 Å². The third-order valence-electron chi connectivity index (χ3n) is 3.19. The highest BCUT2D eigenvalue weighted by molar-refractivity contribution is 5.80. The van der Waals surface area contributed by atoms with Crippen LogP contribution in [0.5, 0.6) is 11.5 Å². The van der Waals surface area contributed by atoms with Gasteiger partial charge >= 0.3 is 0 Å². The van der Waals surface area contributed by atoms with Crippen LogP contribution in [-0.2, 0) is 6.61 Å². The molecule has 0 N–H and O–H groups in total. The number of carbonyl (C=O) groups is 1. The van der Waals surface area contributed by atoms with Gasteiger partial charge in [-0.25, -0.2) is 0 Å². The summed E-state index contributed by atoms with van der Waals surface area (Å²) < 4.78 is 10.6. The Morgan fingerprint density at radius 3 is 2.12 bits per heavy atom. The summed E-state index contributed by atoms with van der Waals surface area (Å²) in [4.78, 5) is 31.4. The minimum Gasteiger partial charge on any atom is -0.496 e. The van der Waals surface area contributed by atoms with Gasteiger partial charge in [0.15, 0.2) is 6.29 Å². The van der Waals surface area contributed by atoms with E-state index in [-0.39, 0.29) is 29.3 Å². The van der Waals surface area contributed by atoms with Crippen LogP contribution in [0.2, 0.25) is 0 Å². The number of hydrogen-bond acceptors (Lipinski definition) is 7. The van der Waals surface area contributed by atoms with Crippen molar-refractivity contribution < 1.29 is 24.1 Å². The number of methoxy groups -OCH3 is 1. The number of nitrogens with zero attached hydrogens (tertiary/aromatic N) is 2. The zero-order chi connectivity index (χ0) is 17.7. The Balaban J connectivity index is 2.27. The number of aldehydes is 1. The van der Waals surface area contributed by atoms with Crippen molar-refractivity contribution in [3.05, 3.63) is 67.8 Å². The average Bonchev–Trinajstić information content (AvgIpc) is 2.59. The molecule has 124 valence electrons. The second-order valence-corrected chi connectivity index (χ2v) is 4.64. The van der Waals surface area contributed by atoms with Gasteiger partial charge in [-0.15, -0.1) is 0 Å². The molecule has 0 fully saturated rings. The van der Waals surface area contributed by atoms with Gasteiger partial charge in [0.05, 0.1) is 22.5 Å². The predicted octanol–water partition coefficient (Wildman–Crippen LogP) is 2.90. The Kier molecular flexibility index (Phi) is 5.05. The lowest BCUT2D eigenvalue weighted by Crippen LogP contribution is -2.02. The molecule has 0 saturated heterocycles. The highest BCUT2D eigenvalue weighted by atomic mass is 16.6. The van der Waals surface area contributed by atoms with Crippen LogP contribution < -0.4 is 9.47 Å². The Morgan fingerprint density at radius 2 is 1.58 bits per heavy atom.